The summed E-state index contributed by atoms with van der Waals surface area (Å²) in [7, 11) is 0. The van der Waals surface area contributed by atoms with Gasteiger partial charge in [-0.05, 0) is 59.5 Å². The molecule has 1 heterocycles. The van der Waals surface area contributed by atoms with E-state index in [-0.39, 0.29) is 36.5 Å². The number of unbranched alkanes of at least 4 members (excludes halogenated alkanes) is 12. The molecule has 1 saturated heterocycles. The number of hydrogen-bond acceptors (Lipinski definition) is 6. The van der Waals surface area contributed by atoms with Gasteiger partial charge >= 0.3 is 0 Å². The van der Waals surface area contributed by atoms with Crippen LogP contribution in [0.25, 0.3) is 0 Å². The fourth-order valence-electron chi connectivity index (χ4n) is 7.46. The predicted molar refractivity (Wildman–Crippen MR) is 230 cm³/mol. The zero-order chi connectivity index (χ0) is 39.4. The molecule has 4 aromatic carbocycles. The Morgan fingerprint density at radius 3 is 1.89 bits per heavy atom. The van der Waals surface area contributed by atoms with E-state index in [4.69, 9.17) is 9.47 Å². The minimum atomic E-state index is -0.678. The van der Waals surface area contributed by atoms with Gasteiger partial charge < -0.3 is 25.2 Å². The molecule has 2 amide bonds. The molecule has 56 heavy (non-hydrogen) atoms. The molecule has 5 rings (SSSR count). The molecule has 8 heteroatoms. The molecule has 0 radical (unpaired) electrons. The first-order chi connectivity index (χ1) is 27.4. The second-order valence-electron chi connectivity index (χ2n) is 15.1. The van der Waals surface area contributed by atoms with Crippen LogP contribution in [-0.2, 0) is 25.7 Å². The van der Waals surface area contributed by atoms with Crippen molar-refractivity contribution in [2.75, 3.05) is 16.4 Å². The van der Waals surface area contributed by atoms with Gasteiger partial charge in [-0.2, -0.15) is 0 Å². The molecule has 0 aliphatic carbocycles. The van der Waals surface area contributed by atoms with Crippen LogP contribution in [0.5, 0.6) is 0 Å². The maximum absolute atomic E-state index is 13.0. The summed E-state index contributed by atoms with van der Waals surface area (Å²) in [5, 5.41) is 15.7. The monoisotopic (exact) mass is 778 g/mol. The second kappa shape index (κ2) is 24.0. The number of aliphatic hydroxyl groups excluding tert-OH is 1. The number of ether oxygens (including phenoxy) is 2. The largest absolute Gasteiger partial charge is 0.392 e. The van der Waals surface area contributed by atoms with Crippen LogP contribution in [0.4, 0.5) is 11.4 Å². The van der Waals surface area contributed by atoms with E-state index < -0.39 is 6.29 Å². The summed E-state index contributed by atoms with van der Waals surface area (Å²) in [4.78, 5) is 25.6. The Hall–Kier alpha value is -3.95. The van der Waals surface area contributed by atoms with Crippen molar-refractivity contribution in [3.63, 3.8) is 0 Å². The average molecular weight is 779 g/mol. The smallest absolute Gasteiger partial charge is 0.224 e. The lowest BCUT2D eigenvalue weighted by molar-refractivity contribution is -0.255. The lowest BCUT2D eigenvalue weighted by Gasteiger charge is -2.43. The maximum atomic E-state index is 13.0. The SMILES string of the molecule is CCCCCCCCCCCCCCCC(=O)Nc1cccc(C2O[C@H](CSc3ccc(NC(C)=O)cc3)[C@@H](c3ccccc3)[C@H](c3ccc(CO)cc3)O2)c1. The molecule has 1 unspecified atom stereocenters. The van der Waals surface area contributed by atoms with Crippen LogP contribution in [0.3, 0.4) is 0 Å². The fourth-order valence-corrected chi connectivity index (χ4v) is 8.43. The Bertz CT molecular complexity index is 1730. The van der Waals surface area contributed by atoms with Crippen molar-refractivity contribution in [2.45, 2.75) is 140 Å². The van der Waals surface area contributed by atoms with E-state index in [1.54, 1.807) is 11.8 Å². The lowest BCUT2D eigenvalue weighted by Crippen LogP contribution is -2.38. The third-order valence-corrected chi connectivity index (χ3v) is 11.6. The van der Waals surface area contributed by atoms with E-state index in [0.29, 0.717) is 12.2 Å². The van der Waals surface area contributed by atoms with Crippen molar-refractivity contribution >= 4 is 35.0 Å². The molecule has 0 aromatic heterocycles. The minimum absolute atomic E-state index is 0.0282. The summed E-state index contributed by atoms with van der Waals surface area (Å²) in [6.45, 7) is 3.74. The molecule has 3 N–H and O–H groups in total. The van der Waals surface area contributed by atoms with E-state index in [2.05, 4.69) is 29.7 Å². The molecular formula is C48H62N2O5S. The van der Waals surface area contributed by atoms with Crippen molar-refractivity contribution in [3.05, 3.63) is 125 Å². The Morgan fingerprint density at radius 1 is 0.643 bits per heavy atom. The first kappa shape index (κ1) is 43.2. The van der Waals surface area contributed by atoms with Gasteiger partial charge in [0.15, 0.2) is 6.29 Å². The Labute approximate surface area is 339 Å². The first-order valence-corrected chi connectivity index (χ1v) is 21.9. The average Bonchev–Trinajstić information content (AvgIpc) is 3.22. The molecule has 4 atom stereocenters. The summed E-state index contributed by atoms with van der Waals surface area (Å²) in [5.41, 5.74) is 5.28. The number of benzene rings is 4. The van der Waals surface area contributed by atoms with Crippen LogP contribution in [0.2, 0.25) is 0 Å². The number of aliphatic hydroxyl groups is 1. The van der Waals surface area contributed by atoms with Gasteiger partial charge in [0.2, 0.25) is 11.8 Å². The van der Waals surface area contributed by atoms with Crippen LogP contribution in [0, 0.1) is 0 Å². The third-order valence-electron chi connectivity index (χ3n) is 10.5. The van der Waals surface area contributed by atoms with Gasteiger partial charge in [-0.15, -0.1) is 11.8 Å². The summed E-state index contributed by atoms with van der Waals surface area (Å²) in [6.07, 6.45) is 15.8. The molecule has 1 aliphatic heterocycles. The number of amides is 2. The number of hydrogen-bond donors (Lipinski definition) is 3. The molecule has 0 bridgehead atoms. The van der Waals surface area contributed by atoms with E-state index in [9.17, 15) is 14.7 Å². The van der Waals surface area contributed by atoms with Crippen LogP contribution < -0.4 is 10.6 Å². The van der Waals surface area contributed by atoms with E-state index in [1.807, 2.05) is 91.0 Å². The van der Waals surface area contributed by atoms with Crippen LogP contribution in [-0.4, -0.2) is 28.8 Å². The van der Waals surface area contributed by atoms with E-state index in [1.165, 1.54) is 77.6 Å². The zero-order valence-electron chi connectivity index (χ0n) is 33.4. The van der Waals surface area contributed by atoms with Crippen molar-refractivity contribution in [2.24, 2.45) is 0 Å². The summed E-state index contributed by atoms with van der Waals surface area (Å²) in [5.74, 6) is 0.455. The van der Waals surface area contributed by atoms with Gasteiger partial charge in [-0.25, -0.2) is 0 Å². The Balaban J connectivity index is 1.22. The highest BCUT2D eigenvalue weighted by Crippen LogP contribution is 2.48. The second-order valence-corrected chi connectivity index (χ2v) is 16.2. The molecule has 1 fully saturated rings. The highest BCUT2D eigenvalue weighted by molar-refractivity contribution is 7.99. The summed E-state index contributed by atoms with van der Waals surface area (Å²) in [6, 6.07) is 34.0. The Morgan fingerprint density at radius 2 is 1.27 bits per heavy atom. The number of rotatable bonds is 23. The van der Waals surface area contributed by atoms with Crippen LogP contribution in [0.15, 0.2) is 108 Å². The van der Waals surface area contributed by atoms with Gasteiger partial charge in [0.05, 0.1) is 18.8 Å². The predicted octanol–water partition coefficient (Wildman–Crippen LogP) is 12.3. The maximum Gasteiger partial charge on any atom is 0.224 e. The molecule has 4 aromatic rings. The highest BCUT2D eigenvalue weighted by Gasteiger charge is 2.42. The summed E-state index contributed by atoms with van der Waals surface area (Å²) >= 11 is 1.70. The zero-order valence-corrected chi connectivity index (χ0v) is 34.2. The van der Waals surface area contributed by atoms with Crippen molar-refractivity contribution in [1.29, 1.82) is 0 Å². The van der Waals surface area contributed by atoms with E-state index >= 15 is 0 Å². The molecule has 300 valence electrons. The van der Waals surface area contributed by atoms with Crippen molar-refractivity contribution < 1.29 is 24.2 Å². The third kappa shape index (κ3) is 14.2. The molecular weight excluding hydrogens is 717 g/mol. The number of nitrogens with one attached hydrogen (secondary N) is 2. The van der Waals surface area contributed by atoms with Gasteiger partial charge in [-0.3, -0.25) is 9.59 Å². The molecule has 1 aliphatic rings. The number of anilines is 2. The number of carbonyl (C=O) groups is 2. The van der Waals surface area contributed by atoms with Gasteiger partial charge in [-0.1, -0.05) is 151 Å². The summed E-state index contributed by atoms with van der Waals surface area (Å²) < 4.78 is 13.8. The molecule has 0 spiro atoms. The first-order valence-electron chi connectivity index (χ1n) is 20.9. The normalized spacial score (nSPS) is 18.1. The lowest BCUT2D eigenvalue weighted by atomic mass is 9.84. The van der Waals surface area contributed by atoms with Crippen molar-refractivity contribution in [1.82, 2.24) is 0 Å². The van der Waals surface area contributed by atoms with Crippen LogP contribution >= 0.6 is 11.8 Å². The standard InChI is InChI=1S/C48H62N2O5S/c1-3-4-5-6-7-8-9-10-11-12-13-14-18-24-45(53)50-42-23-19-22-40(33-42)48-54-44(35-56-43-31-29-41(30-32-43)49-36(2)52)46(38-20-16-15-17-21-38)47(55-48)39-27-25-37(34-51)26-28-39/h15-17,19-23,25-33,44,46-48,51H,3-14,18,24,34-35H2,1-2H3,(H,49,52)(H,50,53)/t44-,46-,47+,48?/m1/s1. The quantitative estimate of drug-likeness (QED) is 0.0512. The van der Waals surface area contributed by atoms with Crippen LogP contribution in [0.1, 0.15) is 144 Å². The van der Waals surface area contributed by atoms with Gasteiger partial charge in [0.1, 0.15) is 0 Å². The Kier molecular flexibility index (Phi) is 18.5. The minimum Gasteiger partial charge on any atom is -0.392 e. The van der Waals surface area contributed by atoms with Gasteiger partial charge in [0.25, 0.3) is 0 Å². The molecule has 0 saturated carbocycles. The molecule has 7 nitrogen and oxygen atoms in total. The van der Waals surface area contributed by atoms with Crippen molar-refractivity contribution in [3.8, 4) is 0 Å². The number of carbonyl (C=O) groups excluding carboxylic acids is 2. The highest BCUT2D eigenvalue weighted by atomic mass is 32.2. The topological polar surface area (TPSA) is 96.9 Å². The fraction of sp³-hybridized carbons (Fsp3) is 0.458. The van der Waals surface area contributed by atoms with E-state index in [0.717, 1.165) is 51.4 Å². The van der Waals surface area contributed by atoms with Gasteiger partial charge in [0, 0.05) is 46.8 Å². The number of thioether (sulfide) groups is 1.